The van der Waals surface area contributed by atoms with Crippen LogP contribution in [0.25, 0.3) is 0 Å². The van der Waals surface area contributed by atoms with Gasteiger partial charge in [-0.15, -0.1) is 0 Å². The van der Waals surface area contributed by atoms with Gasteiger partial charge in [-0.2, -0.15) is 0 Å². The van der Waals surface area contributed by atoms with Gasteiger partial charge in [-0.05, 0) is 19.4 Å². The molecule has 0 spiro atoms. The number of benzene rings is 1. The highest BCUT2D eigenvalue weighted by atomic mass is 32.2. The number of rotatable bonds is 5. The van der Waals surface area contributed by atoms with Crippen molar-refractivity contribution in [2.75, 3.05) is 25.7 Å². The summed E-state index contributed by atoms with van der Waals surface area (Å²) in [6.07, 6.45) is 0.573. The zero-order valence-electron chi connectivity index (χ0n) is 13.0. The molecular formula is C15H21NO5S. The highest BCUT2D eigenvalue weighted by Crippen LogP contribution is 2.26. The normalized spacial score (nSPS) is 23.0. The second kappa shape index (κ2) is 6.16. The molecule has 1 amide bonds. The number of ether oxygens (including phenoxy) is 2. The third kappa shape index (κ3) is 3.91. The molecule has 0 aliphatic carbocycles. The summed E-state index contributed by atoms with van der Waals surface area (Å²) in [4.78, 5) is 12.2. The van der Waals surface area contributed by atoms with Gasteiger partial charge in [-0.25, -0.2) is 8.42 Å². The highest BCUT2D eigenvalue weighted by Gasteiger charge is 2.39. The fourth-order valence-corrected chi connectivity index (χ4v) is 4.75. The first-order valence-electron chi connectivity index (χ1n) is 6.99. The first-order chi connectivity index (χ1) is 10.3. The first kappa shape index (κ1) is 16.6. The van der Waals surface area contributed by atoms with Crippen molar-refractivity contribution in [3.8, 4) is 11.5 Å². The fraction of sp³-hybridized carbons (Fsp3) is 0.533. The van der Waals surface area contributed by atoms with E-state index in [2.05, 4.69) is 5.32 Å². The van der Waals surface area contributed by atoms with Gasteiger partial charge < -0.3 is 14.8 Å². The van der Waals surface area contributed by atoms with E-state index >= 15 is 0 Å². The average Bonchev–Trinajstić information content (AvgIpc) is 2.72. The summed E-state index contributed by atoms with van der Waals surface area (Å²) in [5, 5.41) is 2.83. The second-order valence-electron chi connectivity index (χ2n) is 5.81. The van der Waals surface area contributed by atoms with E-state index in [1.165, 1.54) is 7.11 Å². The second-order valence-corrected chi connectivity index (χ2v) is 7.99. The topological polar surface area (TPSA) is 81.7 Å². The minimum absolute atomic E-state index is 0.00844. The van der Waals surface area contributed by atoms with Gasteiger partial charge in [0, 0.05) is 11.6 Å². The Bertz CT molecular complexity index is 671. The Morgan fingerprint density at radius 3 is 2.59 bits per heavy atom. The van der Waals surface area contributed by atoms with Gasteiger partial charge in [0.25, 0.3) is 0 Å². The van der Waals surface area contributed by atoms with Crippen molar-refractivity contribution in [1.82, 2.24) is 5.32 Å². The number of carbonyl (C=O) groups excluding carboxylic acids is 1. The molecule has 0 aromatic heterocycles. The van der Waals surface area contributed by atoms with Crippen molar-refractivity contribution in [1.29, 1.82) is 0 Å². The first-order valence-corrected chi connectivity index (χ1v) is 8.81. The Balaban J connectivity index is 2.06. The van der Waals surface area contributed by atoms with Crippen LogP contribution in [0.15, 0.2) is 18.2 Å². The Hall–Kier alpha value is -1.76. The van der Waals surface area contributed by atoms with Crippen molar-refractivity contribution < 1.29 is 22.7 Å². The van der Waals surface area contributed by atoms with Crippen molar-refractivity contribution in [2.45, 2.75) is 25.3 Å². The smallest absolute Gasteiger partial charge is 0.225 e. The summed E-state index contributed by atoms with van der Waals surface area (Å²) in [5.74, 6) is 1.11. The number of carbonyl (C=O) groups is 1. The Morgan fingerprint density at radius 2 is 2.05 bits per heavy atom. The van der Waals surface area contributed by atoms with Crippen molar-refractivity contribution in [3.63, 3.8) is 0 Å². The molecule has 1 heterocycles. The molecule has 1 fully saturated rings. The van der Waals surface area contributed by atoms with E-state index in [0.717, 1.165) is 5.56 Å². The molecule has 0 saturated carbocycles. The molecule has 6 nitrogen and oxygen atoms in total. The van der Waals surface area contributed by atoms with Crippen molar-refractivity contribution in [3.05, 3.63) is 23.8 Å². The van der Waals surface area contributed by atoms with E-state index in [4.69, 9.17) is 9.47 Å². The minimum atomic E-state index is -3.05. The van der Waals surface area contributed by atoms with E-state index < -0.39 is 15.4 Å². The zero-order valence-corrected chi connectivity index (χ0v) is 13.8. The summed E-state index contributed by atoms with van der Waals surface area (Å²) < 4.78 is 33.5. The Kier molecular flexibility index (Phi) is 4.65. The zero-order chi connectivity index (χ0) is 16.4. The largest absolute Gasteiger partial charge is 0.497 e. The summed E-state index contributed by atoms with van der Waals surface area (Å²) >= 11 is 0. The van der Waals surface area contributed by atoms with Gasteiger partial charge in [0.05, 0.1) is 37.7 Å². The molecule has 1 aromatic rings. The number of nitrogens with one attached hydrogen (secondary N) is 1. The summed E-state index contributed by atoms with van der Waals surface area (Å²) in [5.41, 5.74) is 0.0422. The molecule has 1 aromatic carbocycles. The molecule has 0 unspecified atom stereocenters. The van der Waals surface area contributed by atoms with Crippen LogP contribution in [0.5, 0.6) is 11.5 Å². The van der Waals surface area contributed by atoms with E-state index in [-0.39, 0.29) is 23.8 Å². The number of hydrogen-bond acceptors (Lipinski definition) is 5. The van der Waals surface area contributed by atoms with Crippen LogP contribution in [-0.2, 0) is 21.1 Å². The lowest BCUT2D eigenvalue weighted by Gasteiger charge is -2.24. The molecule has 1 aliphatic rings. The quantitative estimate of drug-likeness (QED) is 0.870. The molecule has 2 rings (SSSR count). The fourth-order valence-electron chi connectivity index (χ4n) is 2.66. The number of sulfone groups is 1. The molecule has 1 aliphatic heterocycles. The molecule has 1 N–H and O–H groups in total. The number of hydrogen-bond donors (Lipinski definition) is 1. The van der Waals surface area contributed by atoms with Gasteiger partial charge in [-0.1, -0.05) is 6.07 Å². The number of amides is 1. The summed E-state index contributed by atoms with van der Waals surface area (Å²) in [6.45, 7) is 1.76. The minimum Gasteiger partial charge on any atom is -0.497 e. The maximum absolute atomic E-state index is 12.2. The average molecular weight is 327 g/mol. The molecule has 1 saturated heterocycles. The van der Waals surface area contributed by atoms with Crippen LogP contribution in [0.1, 0.15) is 18.9 Å². The molecule has 7 heteroatoms. The van der Waals surface area contributed by atoms with E-state index in [9.17, 15) is 13.2 Å². The van der Waals surface area contributed by atoms with Gasteiger partial charge in [0.2, 0.25) is 5.91 Å². The molecule has 0 radical (unpaired) electrons. The lowest BCUT2D eigenvalue weighted by atomic mass is 10.0. The molecule has 0 bridgehead atoms. The monoisotopic (exact) mass is 327 g/mol. The van der Waals surface area contributed by atoms with Gasteiger partial charge >= 0.3 is 0 Å². The van der Waals surface area contributed by atoms with Gasteiger partial charge in [-0.3, -0.25) is 4.79 Å². The predicted octanol–water partition coefficient (Wildman–Crippen LogP) is 0.940. The standard InChI is InChI=1S/C15H21NO5S/c1-15(6-7-22(18,19)10-15)16-14(17)8-11-4-5-12(20-2)9-13(11)21-3/h4-5,9H,6-8,10H2,1-3H3,(H,16,17)/t15-/m1/s1. The van der Waals surface area contributed by atoms with Crippen LogP contribution in [0.4, 0.5) is 0 Å². The molecule has 122 valence electrons. The maximum Gasteiger partial charge on any atom is 0.225 e. The summed E-state index contributed by atoms with van der Waals surface area (Å²) in [7, 11) is 0.0367. The lowest BCUT2D eigenvalue weighted by Crippen LogP contribution is -2.47. The van der Waals surface area contributed by atoms with Crippen molar-refractivity contribution >= 4 is 15.7 Å². The van der Waals surface area contributed by atoms with E-state index in [1.807, 2.05) is 0 Å². The third-order valence-corrected chi connectivity index (χ3v) is 5.69. The van der Waals surface area contributed by atoms with Gasteiger partial charge in [0.15, 0.2) is 9.84 Å². The van der Waals surface area contributed by atoms with Crippen LogP contribution < -0.4 is 14.8 Å². The van der Waals surface area contributed by atoms with Crippen LogP contribution >= 0.6 is 0 Å². The van der Waals surface area contributed by atoms with Crippen LogP contribution in [-0.4, -0.2) is 45.6 Å². The van der Waals surface area contributed by atoms with Crippen LogP contribution in [0.2, 0.25) is 0 Å². The van der Waals surface area contributed by atoms with E-state index in [1.54, 1.807) is 32.2 Å². The van der Waals surface area contributed by atoms with Gasteiger partial charge in [0.1, 0.15) is 11.5 Å². The predicted molar refractivity (Wildman–Crippen MR) is 83.1 cm³/mol. The van der Waals surface area contributed by atoms with Crippen molar-refractivity contribution in [2.24, 2.45) is 0 Å². The Morgan fingerprint density at radius 1 is 1.32 bits per heavy atom. The Labute approximate surface area is 130 Å². The molecular weight excluding hydrogens is 306 g/mol. The highest BCUT2D eigenvalue weighted by molar-refractivity contribution is 7.91. The molecule has 22 heavy (non-hydrogen) atoms. The third-order valence-electron chi connectivity index (χ3n) is 3.79. The lowest BCUT2D eigenvalue weighted by molar-refractivity contribution is -0.121. The van der Waals surface area contributed by atoms with Crippen LogP contribution in [0.3, 0.4) is 0 Å². The SMILES string of the molecule is COc1ccc(CC(=O)N[C@]2(C)CCS(=O)(=O)C2)c(OC)c1. The summed E-state index contributed by atoms with van der Waals surface area (Å²) in [6, 6.07) is 5.24. The maximum atomic E-state index is 12.2. The molecule has 1 atom stereocenters. The van der Waals surface area contributed by atoms with Crippen LogP contribution in [0, 0.1) is 0 Å². The number of methoxy groups -OCH3 is 2. The van der Waals surface area contributed by atoms with E-state index in [0.29, 0.717) is 17.9 Å².